The summed E-state index contributed by atoms with van der Waals surface area (Å²) < 4.78 is 25.6. The summed E-state index contributed by atoms with van der Waals surface area (Å²) in [5, 5.41) is 2.83. The van der Waals surface area contributed by atoms with E-state index in [1.165, 1.54) is 0 Å². The minimum Gasteiger partial charge on any atom is -0.351 e. The van der Waals surface area contributed by atoms with E-state index in [4.69, 9.17) is 0 Å². The van der Waals surface area contributed by atoms with E-state index in [2.05, 4.69) is 10.3 Å². The molecule has 1 amide bonds. The van der Waals surface area contributed by atoms with E-state index >= 15 is 0 Å². The molecule has 0 saturated heterocycles. The molecule has 5 nitrogen and oxygen atoms in total. The molecule has 1 aromatic carbocycles. The summed E-state index contributed by atoms with van der Waals surface area (Å²) in [7, 11) is -3.78. The average Bonchev–Trinajstić information content (AvgIpc) is 3.14. The van der Waals surface area contributed by atoms with Gasteiger partial charge in [-0.15, -0.1) is 0 Å². The first-order valence-electron chi connectivity index (χ1n) is 8.86. The highest BCUT2D eigenvalue weighted by Gasteiger charge is 2.53. The van der Waals surface area contributed by atoms with Gasteiger partial charge in [-0.05, 0) is 55.5 Å². The van der Waals surface area contributed by atoms with Gasteiger partial charge in [0.05, 0.1) is 4.90 Å². The highest BCUT2D eigenvalue weighted by atomic mass is 32.2. The Hall–Kier alpha value is -2.21. The Morgan fingerprint density at radius 2 is 1.92 bits per heavy atom. The van der Waals surface area contributed by atoms with Crippen molar-refractivity contribution in [2.75, 3.05) is 0 Å². The molecule has 1 heterocycles. The Kier molecular flexibility index (Phi) is 5.14. The van der Waals surface area contributed by atoms with Crippen LogP contribution in [0, 0.1) is 13.8 Å². The molecule has 2 aromatic rings. The van der Waals surface area contributed by atoms with Gasteiger partial charge in [-0.2, -0.15) is 0 Å². The number of aryl methyl sites for hydroxylation is 2. The Morgan fingerprint density at radius 3 is 2.58 bits per heavy atom. The van der Waals surface area contributed by atoms with Crippen LogP contribution in [-0.2, 0) is 21.2 Å². The van der Waals surface area contributed by atoms with Crippen LogP contribution >= 0.6 is 0 Å². The van der Waals surface area contributed by atoms with Crippen LogP contribution in [0.4, 0.5) is 0 Å². The lowest BCUT2D eigenvalue weighted by atomic mass is 10.1. The second kappa shape index (κ2) is 7.19. The number of carbonyl (C=O) groups is 1. The minimum absolute atomic E-state index is 0.274. The Balaban J connectivity index is 1.94. The van der Waals surface area contributed by atoms with E-state index in [-0.39, 0.29) is 11.4 Å². The van der Waals surface area contributed by atoms with E-state index in [1.807, 2.05) is 19.1 Å². The second-order valence-electron chi connectivity index (χ2n) is 7.02. The van der Waals surface area contributed by atoms with Crippen molar-refractivity contribution in [1.82, 2.24) is 10.3 Å². The van der Waals surface area contributed by atoms with E-state index in [0.717, 1.165) is 24.0 Å². The van der Waals surface area contributed by atoms with Gasteiger partial charge in [0.15, 0.2) is 14.6 Å². The molecule has 1 saturated carbocycles. The number of carbonyl (C=O) groups excluding carboxylic acids is 1. The monoisotopic (exact) mass is 372 g/mol. The molecule has 0 unspecified atom stereocenters. The van der Waals surface area contributed by atoms with Crippen LogP contribution in [0.2, 0.25) is 0 Å². The standard InChI is InChI=1S/C20H24N2O3S/c1-15-7-8-16(2)18(12-15)26(24,25)20(9-3-4-10-20)19(23)22-14-17-6-5-11-21-13-17/h5-8,11-13H,3-4,9-10,14H2,1-2H3,(H,22,23). The molecule has 0 atom stereocenters. The predicted molar refractivity (Wildman–Crippen MR) is 100 cm³/mol. The minimum atomic E-state index is -3.78. The number of pyridine rings is 1. The average molecular weight is 372 g/mol. The SMILES string of the molecule is Cc1ccc(C)c(S(=O)(=O)C2(C(=O)NCc3cccnc3)CCCC2)c1. The van der Waals surface area contributed by atoms with E-state index < -0.39 is 20.5 Å². The zero-order valence-corrected chi connectivity index (χ0v) is 16.0. The third-order valence-corrected chi connectivity index (χ3v) is 7.79. The van der Waals surface area contributed by atoms with Gasteiger partial charge >= 0.3 is 0 Å². The number of benzene rings is 1. The van der Waals surface area contributed by atoms with Crippen molar-refractivity contribution in [2.24, 2.45) is 0 Å². The summed E-state index contributed by atoms with van der Waals surface area (Å²) in [5.41, 5.74) is 2.40. The van der Waals surface area contributed by atoms with Crippen molar-refractivity contribution in [3.8, 4) is 0 Å². The van der Waals surface area contributed by atoms with Crippen molar-refractivity contribution in [2.45, 2.75) is 55.7 Å². The van der Waals surface area contributed by atoms with E-state index in [1.54, 1.807) is 37.5 Å². The van der Waals surface area contributed by atoms with Crippen LogP contribution in [-0.4, -0.2) is 24.1 Å². The third-order valence-electron chi connectivity index (χ3n) is 5.15. The van der Waals surface area contributed by atoms with Crippen molar-refractivity contribution in [3.63, 3.8) is 0 Å². The largest absolute Gasteiger partial charge is 0.351 e. The maximum atomic E-state index is 13.5. The van der Waals surface area contributed by atoms with E-state index in [9.17, 15) is 13.2 Å². The Labute approximate surface area is 154 Å². The van der Waals surface area contributed by atoms with Crippen molar-refractivity contribution in [1.29, 1.82) is 0 Å². The zero-order valence-electron chi connectivity index (χ0n) is 15.2. The van der Waals surface area contributed by atoms with Crippen LogP contribution in [0.15, 0.2) is 47.6 Å². The fourth-order valence-electron chi connectivity index (χ4n) is 3.62. The number of sulfone groups is 1. The molecule has 1 fully saturated rings. The Bertz CT molecular complexity index is 902. The first-order chi connectivity index (χ1) is 12.4. The second-order valence-corrected chi connectivity index (χ2v) is 9.25. The molecular formula is C20H24N2O3S. The first-order valence-corrected chi connectivity index (χ1v) is 10.3. The van der Waals surface area contributed by atoms with Crippen LogP contribution < -0.4 is 5.32 Å². The highest BCUT2D eigenvalue weighted by molar-refractivity contribution is 7.93. The van der Waals surface area contributed by atoms with Crippen LogP contribution in [0.25, 0.3) is 0 Å². The summed E-state index contributed by atoms with van der Waals surface area (Å²) in [6.45, 7) is 3.92. The van der Waals surface area contributed by atoms with Gasteiger partial charge in [0.2, 0.25) is 5.91 Å². The summed E-state index contributed by atoms with van der Waals surface area (Å²) in [6, 6.07) is 9.02. The summed E-state index contributed by atoms with van der Waals surface area (Å²) in [5.74, 6) is -0.403. The van der Waals surface area contributed by atoms with Gasteiger partial charge in [0, 0.05) is 18.9 Å². The topological polar surface area (TPSA) is 76.1 Å². The van der Waals surface area contributed by atoms with Gasteiger partial charge < -0.3 is 5.32 Å². The number of hydrogen-bond acceptors (Lipinski definition) is 4. The number of nitrogens with one attached hydrogen (secondary N) is 1. The molecular weight excluding hydrogens is 348 g/mol. The molecule has 1 aliphatic rings. The lowest BCUT2D eigenvalue weighted by molar-refractivity contribution is -0.123. The lowest BCUT2D eigenvalue weighted by Gasteiger charge is -2.28. The number of aromatic nitrogens is 1. The molecule has 3 rings (SSSR count). The fraction of sp³-hybridized carbons (Fsp3) is 0.400. The van der Waals surface area contributed by atoms with Gasteiger partial charge in [0.25, 0.3) is 0 Å². The van der Waals surface area contributed by atoms with Crippen molar-refractivity contribution < 1.29 is 13.2 Å². The fourth-order valence-corrected chi connectivity index (χ4v) is 6.01. The molecule has 0 aliphatic heterocycles. The quantitative estimate of drug-likeness (QED) is 0.875. The van der Waals surface area contributed by atoms with Crippen LogP contribution in [0.3, 0.4) is 0 Å². The normalized spacial score (nSPS) is 16.4. The molecule has 1 aromatic heterocycles. The van der Waals surface area contributed by atoms with Gasteiger partial charge in [0.1, 0.15) is 0 Å². The van der Waals surface area contributed by atoms with Crippen LogP contribution in [0.5, 0.6) is 0 Å². The van der Waals surface area contributed by atoms with Crippen LogP contribution in [0.1, 0.15) is 42.4 Å². The molecule has 138 valence electrons. The lowest BCUT2D eigenvalue weighted by Crippen LogP contribution is -2.50. The number of rotatable bonds is 5. The van der Waals surface area contributed by atoms with Crippen molar-refractivity contribution >= 4 is 15.7 Å². The van der Waals surface area contributed by atoms with Gasteiger partial charge in [-0.1, -0.05) is 31.0 Å². The highest BCUT2D eigenvalue weighted by Crippen LogP contribution is 2.41. The third kappa shape index (κ3) is 3.26. The maximum absolute atomic E-state index is 13.5. The molecule has 6 heteroatoms. The first kappa shape index (κ1) is 18.6. The molecule has 0 radical (unpaired) electrons. The molecule has 1 aliphatic carbocycles. The Morgan fingerprint density at radius 1 is 1.19 bits per heavy atom. The predicted octanol–water partition coefficient (Wildman–Crippen LogP) is 3.10. The number of nitrogens with zero attached hydrogens (tertiary/aromatic N) is 1. The summed E-state index contributed by atoms with van der Waals surface area (Å²) in [4.78, 5) is 17.3. The summed E-state index contributed by atoms with van der Waals surface area (Å²) >= 11 is 0. The molecule has 0 spiro atoms. The molecule has 26 heavy (non-hydrogen) atoms. The molecule has 0 bridgehead atoms. The number of hydrogen-bond donors (Lipinski definition) is 1. The van der Waals surface area contributed by atoms with Gasteiger partial charge in [-0.3, -0.25) is 9.78 Å². The zero-order chi connectivity index (χ0) is 18.8. The summed E-state index contributed by atoms with van der Waals surface area (Å²) in [6.07, 6.45) is 5.54. The molecule has 1 N–H and O–H groups in total. The smallest absolute Gasteiger partial charge is 0.242 e. The number of amides is 1. The van der Waals surface area contributed by atoms with Gasteiger partial charge in [-0.25, -0.2) is 8.42 Å². The maximum Gasteiger partial charge on any atom is 0.242 e. The van der Waals surface area contributed by atoms with Crippen molar-refractivity contribution in [3.05, 3.63) is 59.4 Å². The van der Waals surface area contributed by atoms with E-state index in [0.29, 0.717) is 18.4 Å².